The van der Waals surface area contributed by atoms with E-state index in [9.17, 15) is 9.59 Å². The van der Waals surface area contributed by atoms with Gasteiger partial charge in [0.05, 0.1) is 0 Å². The van der Waals surface area contributed by atoms with Gasteiger partial charge in [-0.05, 0) is 33.8 Å². The van der Waals surface area contributed by atoms with Crippen molar-refractivity contribution >= 4 is 23.4 Å². The second-order valence-electron chi connectivity index (χ2n) is 5.96. The van der Waals surface area contributed by atoms with Crippen molar-refractivity contribution in [2.75, 3.05) is 24.3 Å². The van der Waals surface area contributed by atoms with E-state index in [1.165, 1.54) is 11.8 Å². The molecule has 2 heterocycles. The first-order chi connectivity index (χ1) is 13.7. The Hall–Kier alpha value is -3.20. The summed E-state index contributed by atoms with van der Waals surface area (Å²) in [4.78, 5) is 24.2. The number of nitrogens with zero attached hydrogens (tertiary/aromatic N) is 1. The van der Waals surface area contributed by atoms with Gasteiger partial charge in [0, 0.05) is 36.1 Å². The number of H-pyrrole nitrogens is 1. The first kappa shape index (κ1) is 18.2. The molecule has 0 saturated heterocycles. The molecule has 1 amide bonds. The van der Waals surface area contributed by atoms with Gasteiger partial charge in [-0.2, -0.15) is 0 Å². The molecule has 1 aromatic heterocycles. The van der Waals surface area contributed by atoms with Crippen molar-refractivity contribution in [2.45, 2.75) is 11.4 Å². The number of hydrogen-bond acceptors (Lipinski definition) is 6. The van der Waals surface area contributed by atoms with Gasteiger partial charge in [0.2, 0.25) is 11.6 Å². The van der Waals surface area contributed by atoms with Gasteiger partial charge in [0.25, 0.3) is 0 Å². The molecule has 0 unspecified atom stereocenters. The fourth-order valence-corrected chi connectivity index (χ4v) is 3.63. The number of amides is 1. The van der Waals surface area contributed by atoms with E-state index in [2.05, 4.69) is 10.6 Å². The van der Waals surface area contributed by atoms with Crippen LogP contribution in [0.1, 0.15) is 6.42 Å². The van der Waals surface area contributed by atoms with Gasteiger partial charge < -0.3 is 14.8 Å². The van der Waals surface area contributed by atoms with Crippen LogP contribution in [0, 0.1) is 0 Å². The highest BCUT2D eigenvalue weighted by Crippen LogP contribution is 2.32. The Morgan fingerprint density at radius 1 is 1.11 bits per heavy atom. The number of carbonyl (C=O) groups is 1. The Morgan fingerprint density at radius 3 is 2.71 bits per heavy atom. The van der Waals surface area contributed by atoms with E-state index in [1.54, 1.807) is 22.9 Å². The van der Waals surface area contributed by atoms with Crippen LogP contribution in [0.5, 0.6) is 11.5 Å². The Labute approximate surface area is 164 Å². The predicted octanol–water partition coefficient (Wildman–Crippen LogP) is 2.14. The van der Waals surface area contributed by atoms with Crippen molar-refractivity contribution in [3.8, 4) is 17.2 Å². The minimum atomic E-state index is -0.471. The third kappa shape index (κ3) is 4.04. The molecular weight excluding hydrogens is 382 g/mol. The van der Waals surface area contributed by atoms with Gasteiger partial charge >= 0.3 is 10.7 Å². The average Bonchev–Trinajstić information content (AvgIpc) is 3.09. The molecule has 0 spiro atoms. The molecule has 0 atom stereocenters. The standard InChI is InChI=1S/C19H17N3O5S/c23-17(20-13-6-7-15-16(12-13)26-10-9-25-15)8-11-28-18-19(24)27-21-22(18)14-4-2-1-3-5-14/h1-7,12H,8-11H2,(H-,20,21,23,24)/p+1. The van der Waals surface area contributed by atoms with E-state index in [0.29, 0.717) is 41.2 Å². The van der Waals surface area contributed by atoms with Gasteiger partial charge in [-0.3, -0.25) is 9.32 Å². The molecule has 1 aliphatic heterocycles. The highest BCUT2D eigenvalue weighted by Gasteiger charge is 2.24. The molecule has 3 aromatic rings. The van der Waals surface area contributed by atoms with Crippen molar-refractivity contribution in [3.63, 3.8) is 0 Å². The number of fused-ring (bicyclic) bond motifs is 1. The molecule has 2 N–H and O–H groups in total. The lowest BCUT2D eigenvalue weighted by atomic mass is 10.2. The number of hydrogen-bond donors (Lipinski definition) is 2. The summed E-state index contributed by atoms with van der Waals surface area (Å²) in [5, 5.41) is 5.80. The summed E-state index contributed by atoms with van der Waals surface area (Å²) >= 11 is 1.26. The van der Waals surface area contributed by atoms with E-state index in [-0.39, 0.29) is 12.3 Å². The van der Waals surface area contributed by atoms with Gasteiger partial charge in [-0.1, -0.05) is 18.2 Å². The maximum absolute atomic E-state index is 12.2. The Bertz CT molecular complexity index is 1030. The van der Waals surface area contributed by atoms with Crippen LogP contribution in [0.15, 0.2) is 62.9 Å². The molecule has 0 saturated carbocycles. The van der Waals surface area contributed by atoms with Crippen LogP contribution in [0.2, 0.25) is 0 Å². The summed E-state index contributed by atoms with van der Waals surface area (Å²) in [6, 6.07) is 14.6. The van der Waals surface area contributed by atoms with E-state index < -0.39 is 5.63 Å². The fraction of sp³-hybridized carbons (Fsp3) is 0.211. The van der Waals surface area contributed by atoms with Crippen LogP contribution in [-0.4, -0.2) is 30.1 Å². The lowest BCUT2D eigenvalue weighted by Gasteiger charge is -2.18. The van der Waals surface area contributed by atoms with Crippen LogP contribution >= 0.6 is 11.8 Å². The summed E-state index contributed by atoms with van der Waals surface area (Å²) in [7, 11) is 0. The monoisotopic (exact) mass is 400 g/mol. The molecule has 4 rings (SSSR count). The molecule has 0 fully saturated rings. The van der Waals surface area contributed by atoms with E-state index >= 15 is 0 Å². The average molecular weight is 400 g/mol. The summed E-state index contributed by atoms with van der Waals surface area (Å²) in [5.41, 5.74) is 0.942. The van der Waals surface area contributed by atoms with Crippen molar-refractivity contribution in [3.05, 3.63) is 59.0 Å². The van der Waals surface area contributed by atoms with Crippen LogP contribution in [0.3, 0.4) is 0 Å². The van der Waals surface area contributed by atoms with Gasteiger partial charge in [0.1, 0.15) is 13.2 Å². The molecule has 9 heteroatoms. The maximum atomic E-state index is 12.2. The second kappa shape index (κ2) is 8.22. The first-order valence-corrected chi connectivity index (χ1v) is 9.70. The van der Waals surface area contributed by atoms with Gasteiger partial charge in [0.15, 0.2) is 11.5 Å². The molecular formula is C19H18N3O5S+. The van der Waals surface area contributed by atoms with Crippen molar-refractivity contribution in [2.24, 2.45) is 0 Å². The molecule has 1 aliphatic rings. The highest BCUT2D eigenvalue weighted by molar-refractivity contribution is 7.99. The molecule has 0 aliphatic carbocycles. The number of aromatic amines is 1. The Kier molecular flexibility index (Phi) is 5.34. The summed E-state index contributed by atoms with van der Waals surface area (Å²) in [6.07, 6.45) is 0.235. The third-order valence-electron chi connectivity index (χ3n) is 4.02. The number of nitrogens with one attached hydrogen (secondary N) is 2. The minimum Gasteiger partial charge on any atom is -0.486 e. The number of ether oxygens (including phenoxy) is 2. The van der Waals surface area contributed by atoms with Crippen LogP contribution in [-0.2, 0) is 4.79 Å². The lowest BCUT2D eigenvalue weighted by molar-refractivity contribution is -0.704. The second-order valence-corrected chi connectivity index (χ2v) is 7.05. The van der Waals surface area contributed by atoms with Crippen molar-refractivity contribution < 1.29 is 23.5 Å². The minimum absolute atomic E-state index is 0.157. The molecule has 28 heavy (non-hydrogen) atoms. The summed E-state index contributed by atoms with van der Waals surface area (Å²) in [5.74, 6) is 1.55. The summed E-state index contributed by atoms with van der Waals surface area (Å²) in [6.45, 7) is 1.01. The zero-order valence-electron chi connectivity index (χ0n) is 14.8. The smallest absolute Gasteiger partial charge is 0.442 e. The Balaban J connectivity index is 1.35. The Morgan fingerprint density at radius 2 is 1.89 bits per heavy atom. The number of carbonyl (C=O) groups excluding carboxylic acids is 1. The molecule has 0 radical (unpaired) electrons. The van der Waals surface area contributed by atoms with Crippen molar-refractivity contribution in [1.82, 2.24) is 5.27 Å². The van der Waals surface area contributed by atoms with E-state index in [4.69, 9.17) is 14.0 Å². The fourth-order valence-electron chi connectivity index (χ4n) is 2.72. The van der Waals surface area contributed by atoms with Gasteiger partial charge in [-0.15, -0.1) is 0 Å². The third-order valence-corrected chi connectivity index (χ3v) is 5.05. The van der Waals surface area contributed by atoms with Crippen molar-refractivity contribution in [1.29, 1.82) is 0 Å². The summed E-state index contributed by atoms with van der Waals surface area (Å²) < 4.78 is 17.4. The lowest BCUT2D eigenvalue weighted by Crippen LogP contribution is -2.36. The maximum Gasteiger partial charge on any atom is 0.442 e. The highest BCUT2D eigenvalue weighted by atomic mass is 32.2. The molecule has 8 nitrogen and oxygen atoms in total. The first-order valence-electron chi connectivity index (χ1n) is 8.72. The molecule has 2 aromatic carbocycles. The normalized spacial score (nSPS) is 12.6. The number of rotatable bonds is 6. The number of para-hydroxylation sites is 1. The number of anilines is 1. The zero-order chi connectivity index (χ0) is 19.3. The molecule has 144 valence electrons. The quantitative estimate of drug-likeness (QED) is 0.486. The van der Waals surface area contributed by atoms with E-state index in [1.807, 2.05) is 30.3 Å². The number of thioether (sulfide) groups is 1. The zero-order valence-corrected chi connectivity index (χ0v) is 15.7. The largest absolute Gasteiger partial charge is 0.486 e. The topological polar surface area (TPSA) is 97.4 Å². The van der Waals surface area contributed by atoms with Gasteiger partial charge in [-0.25, -0.2) is 4.79 Å². The number of benzene rings is 2. The SMILES string of the molecule is O=C(CCSc1c(=O)o[nH][n+]1-c1ccccc1)Nc1ccc2c(c1)OCCO2. The van der Waals surface area contributed by atoms with Crippen LogP contribution < -0.4 is 25.1 Å². The molecule has 0 bridgehead atoms. The van der Waals surface area contributed by atoms with Crippen LogP contribution in [0.4, 0.5) is 5.69 Å². The predicted molar refractivity (Wildman–Crippen MR) is 102 cm³/mol. The van der Waals surface area contributed by atoms with Crippen LogP contribution in [0.25, 0.3) is 5.69 Å². The van der Waals surface area contributed by atoms with E-state index in [0.717, 1.165) is 5.69 Å². The number of aromatic nitrogens is 2.